The summed E-state index contributed by atoms with van der Waals surface area (Å²) in [7, 11) is -3.17. The van der Waals surface area contributed by atoms with E-state index in [-0.39, 0.29) is 4.90 Å². The first kappa shape index (κ1) is 9.54. The molecule has 2 heterocycles. The smallest absolute Gasteiger partial charge is 0.178 e. The lowest BCUT2D eigenvalue weighted by Gasteiger charge is -2.25. The molecular formula is C8H11N3O2S. The Morgan fingerprint density at radius 1 is 1.36 bits per heavy atom. The van der Waals surface area contributed by atoms with E-state index in [2.05, 4.69) is 15.3 Å². The van der Waals surface area contributed by atoms with Crippen LogP contribution in [-0.4, -0.2) is 37.7 Å². The first-order chi connectivity index (χ1) is 6.57. The van der Waals surface area contributed by atoms with Gasteiger partial charge in [-0.2, -0.15) is 0 Å². The van der Waals surface area contributed by atoms with E-state index in [0.717, 1.165) is 25.2 Å². The molecule has 1 saturated heterocycles. The minimum Gasteiger partial charge on any atom is -0.315 e. The fraction of sp³-hybridized carbons (Fsp3) is 0.500. The summed E-state index contributed by atoms with van der Waals surface area (Å²) >= 11 is 0. The molecule has 0 amide bonds. The Hall–Kier alpha value is -1.01. The predicted octanol–water partition coefficient (Wildman–Crippen LogP) is -0.433. The second kappa shape index (κ2) is 3.29. The lowest BCUT2D eigenvalue weighted by Crippen LogP contribution is -2.40. The van der Waals surface area contributed by atoms with Gasteiger partial charge in [0, 0.05) is 37.7 Å². The summed E-state index contributed by atoms with van der Waals surface area (Å²) in [5.41, 5.74) is 0. The molecule has 0 unspecified atom stereocenters. The molecule has 0 bridgehead atoms. The second-order valence-corrected chi connectivity index (χ2v) is 5.42. The molecule has 1 N–H and O–H groups in total. The quantitative estimate of drug-likeness (QED) is 0.721. The van der Waals surface area contributed by atoms with E-state index < -0.39 is 9.84 Å². The zero-order valence-electron chi connectivity index (χ0n) is 7.77. The van der Waals surface area contributed by atoms with Crippen molar-refractivity contribution < 1.29 is 8.42 Å². The van der Waals surface area contributed by atoms with Gasteiger partial charge in [0.25, 0.3) is 0 Å². The first-order valence-corrected chi connectivity index (χ1v) is 6.19. The average molecular weight is 213 g/mol. The second-order valence-electron chi connectivity index (χ2n) is 3.40. The number of hydrogen-bond acceptors (Lipinski definition) is 5. The topological polar surface area (TPSA) is 72.0 Å². The Labute approximate surface area is 82.5 Å². The van der Waals surface area contributed by atoms with Gasteiger partial charge in [-0.15, -0.1) is 0 Å². The number of rotatable bonds is 2. The van der Waals surface area contributed by atoms with Crippen LogP contribution in [-0.2, 0) is 9.84 Å². The van der Waals surface area contributed by atoms with Crippen LogP contribution >= 0.6 is 0 Å². The summed E-state index contributed by atoms with van der Waals surface area (Å²) in [6.45, 7) is 1.75. The van der Waals surface area contributed by atoms with Gasteiger partial charge in [0.05, 0.1) is 0 Å². The van der Waals surface area contributed by atoms with Crippen LogP contribution in [0.4, 0.5) is 0 Å². The molecule has 6 heteroatoms. The van der Waals surface area contributed by atoms with Crippen molar-refractivity contribution in [2.75, 3.05) is 19.3 Å². The Balaban J connectivity index is 2.26. The lowest BCUT2D eigenvalue weighted by molar-refractivity contribution is 0.429. The SMILES string of the molecule is CS(=O)(=O)c1cnc(C2CNC2)nc1. The van der Waals surface area contributed by atoms with Gasteiger partial charge in [-0.1, -0.05) is 0 Å². The van der Waals surface area contributed by atoms with Crippen molar-refractivity contribution in [3.05, 3.63) is 18.2 Å². The van der Waals surface area contributed by atoms with Gasteiger partial charge in [0.2, 0.25) is 0 Å². The maximum absolute atomic E-state index is 11.1. The normalized spacial score (nSPS) is 17.8. The molecule has 2 rings (SSSR count). The number of aromatic nitrogens is 2. The fourth-order valence-electron chi connectivity index (χ4n) is 1.20. The van der Waals surface area contributed by atoms with E-state index in [1.807, 2.05) is 0 Å². The molecule has 1 fully saturated rings. The van der Waals surface area contributed by atoms with Gasteiger partial charge in [0.15, 0.2) is 9.84 Å². The van der Waals surface area contributed by atoms with E-state index in [4.69, 9.17) is 0 Å². The lowest BCUT2D eigenvalue weighted by atomic mass is 10.0. The van der Waals surface area contributed by atoms with Crippen LogP contribution in [0.3, 0.4) is 0 Å². The fourth-order valence-corrected chi connectivity index (χ4v) is 1.69. The molecule has 76 valence electrons. The van der Waals surface area contributed by atoms with Gasteiger partial charge in [0.1, 0.15) is 10.7 Å². The number of nitrogens with zero attached hydrogens (tertiary/aromatic N) is 2. The van der Waals surface area contributed by atoms with Crippen LogP contribution in [0, 0.1) is 0 Å². The highest BCUT2D eigenvalue weighted by molar-refractivity contribution is 7.90. The van der Waals surface area contributed by atoms with Crippen molar-refractivity contribution >= 4 is 9.84 Å². The van der Waals surface area contributed by atoms with Gasteiger partial charge in [-0.05, 0) is 0 Å². The van der Waals surface area contributed by atoms with Gasteiger partial charge >= 0.3 is 0 Å². The molecule has 0 saturated carbocycles. The van der Waals surface area contributed by atoms with Gasteiger partial charge in [-0.25, -0.2) is 18.4 Å². The van der Waals surface area contributed by atoms with Crippen molar-refractivity contribution in [1.82, 2.24) is 15.3 Å². The summed E-state index contributed by atoms with van der Waals surface area (Å²) in [6, 6.07) is 0. The summed E-state index contributed by atoms with van der Waals surface area (Å²) in [5, 5.41) is 3.11. The highest BCUT2D eigenvalue weighted by Gasteiger charge is 2.21. The van der Waals surface area contributed by atoms with Crippen molar-refractivity contribution in [2.24, 2.45) is 0 Å². The maximum Gasteiger partial charge on any atom is 0.178 e. The molecule has 1 aliphatic rings. The molecular weight excluding hydrogens is 202 g/mol. The van der Waals surface area contributed by atoms with Crippen LogP contribution in [0.25, 0.3) is 0 Å². The third kappa shape index (κ3) is 1.76. The van der Waals surface area contributed by atoms with Crippen molar-refractivity contribution in [3.8, 4) is 0 Å². The van der Waals surface area contributed by atoms with E-state index in [0.29, 0.717) is 5.92 Å². The largest absolute Gasteiger partial charge is 0.315 e. The summed E-state index contributed by atoms with van der Waals surface area (Å²) in [6.07, 6.45) is 3.89. The highest BCUT2D eigenvalue weighted by Crippen LogP contribution is 2.15. The Morgan fingerprint density at radius 2 is 1.93 bits per heavy atom. The molecule has 0 aliphatic carbocycles. The predicted molar refractivity (Wildman–Crippen MR) is 50.8 cm³/mol. The highest BCUT2D eigenvalue weighted by atomic mass is 32.2. The van der Waals surface area contributed by atoms with Gasteiger partial charge < -0.3 is 5.32 Å². The Morgan fingerprint density at radius 3 is 2.29 bits per heavy atom. The Bertz CT molecular complexity index is 422. The average Bonchev–Trinajstić information content (AvgIpc) is 2.00. The summed E-state index contributed by atoms with van der Waals surface area (Å²) in [5.74, 6) is 1.06. The maximum atomic E-state index is 11.1. The molecule has 0 atom stereocenters. The number of hydrogen-bond donors (Lipinski definition) is 1. The van der Waals surface area contributed by atoms with Crippen LogP contribution in [0.5, 0.6) is 0 Å². The minimum absolute atomic E-state index is 0.175. The van der Waals surface area contributed by atoms with Crippen molar-refractivity contribution in [1.29, 1.82) is 0 Å². The first-order valence-electron chi connectivity index (χ1n) is 4.30. The Kier molecular flexibility index (Phi) is 2.24. The number of nitrogens with one attached hydrogen (secondary N) is 1. The van der Waals surface area contributed by atoms with Crippen molar-refractivity contribution in [2.45, 2.75) is 10.8 Å². The monoisotopic (exact) mass is 213 g/mol. The standard InChI is InChI=1S/C8H11N3O2S/c1-14(12,13)7-4-10-8(11-5-7)6-2-9-3-6/h4-6,9H,2-3H2,1H3. The van der Waals surface area contributed by atoms with Crippen LogP contribution < -0.4 is 5.32 Å². The molecule has 5 nitrogen and oxygen atoms in total. The van der Waals surface area contributed by atoms with E-state index >= 15 is 0 Å². The molecule has 1 aliphatic heterocycles. The molecule has 1 aromatic heterocycles. The van der Waals surface area contributed by atoms with Crippen molar-refractivity contribution in [3.63, 3.8) is 0 Å². The van der Waals surface area contributed by atoms with Gasteiger partial charge in [-0.3, -0.25) is 0 Å². The summed E-state index contributed by atoms with van der Waals surface area (Å²) in [4.78, 5) is 8.25. The zero-order chi connectivity index (χ0) is 10.2. The van der Waals surface area contributed by atoms with Crippen LogP contribution in [0.1, 0.15) is 11.7 Å². The minimum atomic E-state index is -3.17. The third-order valence-corrected chi connectivity index (χ3v) is 3.29. The van der Waals surface area contributed by atoms with E-state index in [9.17, 15) is 8.42 Å². The summed E-state index contributed by atoms with van der Waals surface area (Å²) < 4.78 is 22.2. The van der Waals surface area contributed by atoms with Crippen LogP contribution in [0.15, 0.2) is 17.3 Å². The molecule has 1 aromatic rings. The van der Waals surface area contributed by atoms with E-state index in [1.165, 1.54) is 12.4 Å². The molecule has 0 spiro atoms. The van der Waals surface area contributed by atoms with E-state index in [1.54, 1.807) is 0 Å². The molecule has 0 aromatic carbocycles. The molecule has 0 radical (unpaired) electrons. The third-order valence-electron chi connectivity index (χ3n) is 2.22. The molecule has 14 heavy (non-hydrogen) atoms. The zero-order valence-corrected chi connectivity index (χ0v) is 8.58. The number of sulfone groups is 1. The van der Waals surface area contributed by atoms with Crippen LogP contribution in [0.2, 0.25) is 0 Å².